The Balaban J connectivity index is 2.31. The van der Waals surface area contributed by atoms with Crippen LogP contribution in [0.15, 0.2) is 0 Å². The standard InChI is InChI=1S/C12H22N4O2/c1-9-11(10(2)16(3)15-9)7-13-8-12(17)14-5-6-18-4/h13H,5-8H2,1-4H3,(H,14,17). The molecule has 0 aromatic carbocycles. The highest BCUT2D eigenvalue weighted by Gasteiger charge is 2.09. The van der Waals surface area contributed by atoms with Crippen molar-refractivity contribution >= 4 is 5.91 Å². The summed E-state index contributed by atoms with van der Waals surface area (Å²) in [7, 11) is 3.53. The van der Waals surface area contributed by atoms with Gasteiger partial charge in [0.25, 0.3) is 0 Å². The summed E-state index contributed by atoms with van der Waals surface area (Å²) >= 11 is 0. The number of amides is 1. The van der Waals surface area contributed by atoms with Crippen molar-refractivity contribution in [2.45, 2.75) is 20.4 Å². The Morgan fingerprint density at radius 3 is 2.72 bits per heavy atom. The van der Waals surface area contributed by atoms with E-state index in [9.17, 15) is 4.79 Å². The minimum Gasteiger partial charge on any atom is -0.383 e. The van der Waals surface area contributed by atoms with Crippen LogP contribution in [0.25, 0.3) is 0 Å². The maximum atomic E-state index is 11.4. The number of rotatable bonds is 7. The predicted molar refractivity (Wildman–Crippen MR) is 69.3 cm³/mol. The Hall–Kier alpha value is -1.40. The third kappa shape index (κ3) is 4.12. The molecule has 0 aliphatic carbocycles. The van der Waals surface area contributed by atoms with Gasteiger partial charge >= 0.3 is 0 Å². The van der Waals surface area contributed by atoms with Gasteiger partial charge < -0.3 is 15.4 Å². The molecule has 0 aliphatic rings. The molecule has 0 aliphatic heterocycles. The van der Waals surface area contributed by atoms with E-state index in [0.29, 0.717) is 26.2 Å². The molecular formula is C12H22N4O2. The van der Waals surface area contributed by atoms with Crippen molar-refractivity contribution in [3.63, 3.8) is 0 Å². The molecule has 1 rings (SSSR count). The van der Waals surface area contributed by atoms with E-state index >= 15 is 0 Å². The van der Waals surface area contributed by atoms with E-state index in [0.717, 1.165) is 17.0 Å². The summed E-state index contributed by atoms with van der Waals surface area (Å²) in [5.41, 5.74) is 3.28. The second-order valence-corrected chi connectivity index (χ2v) is 4.22. The first-order valence-corrected chi connectivity index (χ1v) is 6.01. The number of hydrogen-bond acceptors (Lipinski definition) is 4. The van der Waals surface area contributed by atoms with Gasteiger partial charge in [-0.1, -0.05) is 0 Å². The van der Waals surface area contributed by atoms with Crippen molar-refractivity contribution in [2.75, 3.05) is 26.8 Å². The molecule has 0 saturated carbocycles. The highest BCUT2D eigenvalue weighted by Crippen LogP contribution is 2.10. The van der Waals surface area contributed by atoms with Gasteiger partial charge in [0.05, 0.1) is 18.8 Å². The quantitative estimate of drug-likeness (QED) is 0.666. The molecule has 1 aromatic heterocycles. The number of methoxy groups -OCH3 is 1. The van der Waals surface area contributed by atoms with Crippen LogP contribution in [0.1, 0.15) is 17.0 Å². The molecule has 0 saturated heterocycles. The van der Waals surface area contributed by atoms with Gasteiger partial charge in [-0.25, -0.2) is 0 Å². The number of carbonyl (C=O) groups excluding carboxylic acids is 1. The third-order valence-electron chi connectivity index (χ3n) is 2.87. The Morgan fingerprint density at radius 1 is 1.44 bits per heavy atom. The van der Waals surface area contributed by atoms with Gasteiger partial charge in [0.1, 0.15) is 0 Å². The van der Waals surface area contributed by atoms with E-state index in [1.54, 1.807) is 7.11 Å². The van der Waals surface area contributed by atoms with Gasteiger partial charge in [-0.05, 0) is 13.8 Å². The minimum atomic E-state index is -0.0220. The molecular weight excluding hydrogens is 232 g/mol. The molecule has 1 aromatic rings. The first-order chi connectivity index (χ1) is 8.56. The summed E-state index contributed by atoms with van der Waals surface area (Å²) in [6, 6.07) is 0. The molecule has 0 unspecified atom stereocenters. The van der Waals surface area contributed by atoms with Gasteiger partial charge in [0.15, 0.2) is 0 Å². The van der Waals surface area contributed by atoms with Crippen molar-refractivity contribution in [2.24, 2.45) is 7.05 Å². The topological polar surface area (TPSA) is 68.2 Å². The number of aromatic nitrogens is 2. The van der Waals surface area contributed by atoms with E-state index in [1.165, 1.54) is 0 Å². The molecule has 1 amide bonds. The first-order valence-electron chi connectivity index (χ1n) is 6.01. The molecule has 0 radical (unpaired) electrons. The molecule has 102 valence electrons. The Bertz CT molecular complexity index is 401. The van der Waals surface area contributed by atoms with Gasteiger partial charge in [0.2, 0.25) is 5.91 Å². The van der Waals surface area contributed by atoms with Crippen LogP contribution in [0.5, 0.6) is 0 Å². The monoisotopic (exact) mass is 254 g/mol. The number of nitrogens with one attached hydrogen (secondary N) is 2. The van der Waals surface area contributed by atoms with Gasteiger partial charge in [0, 0.05) is 38.5 Å². The Labute approximate surface area is 108 Å². The fourth-order valence-electron chi connectivity index (χ4n) is 1.73. The van der Waals surface area contributed by atoms with Crippen molar-refractivity contribution < 1.29 is 9.53 Å². The van der Waals surface area contributed by atoms with E-state index in [-0.39, 0.29) is 5.91 Å². The maximum Gasteiger partial charge on any atom is 0.234 e. The van der Waals surface area contributed by atoms with Crippen LogP contribution in [-0.2, 0) is 23.1 Å². The second-order valence-electron chi connectivity index (χ2n) is 4.22. The number of carbonyl (C=O) groups is 1. The van der Waals surface area contributed by atoms with Crippen LogP contribution in [0.2, 0.25) is 0 Å². The summed E-state index contributed by atoms with van der Waals surface area (Å²) in [6.45, 7) is 6.04. The van der Waals surface area contributed by atoms with Crippen molar-refractivity contribution in [3.8, 4) is 0 Å². The minimum absolute atomic E-state index is 0.0220. The Kier molecular flexibility index (Phi) is 5.80. The molecule has 2 N–H and O–H groups in total. The lowest BCUT2D eigenvalue weighted by Gasteiger charge is -2.06. The molecule has 0 atom stereocenters. The third-order valence-corrected chi connectivity index (χ3v) is 2.87. The van der Waals surface area contributed by atoms with E-state index in [1.807, 2.05) is 25.6 Å². The highest BCUT2D eigenvalue weighted by atomic mass is 16.5. The lowest BCUT2D eigenvalue weighted by molar-refractivity contribution is -0.120. The molecule has 18 heavy (non-hydrogen) atoms. The van der Waals surface area contributed by atoms with Crippen LogP contribution < -0.4 is 10.6 Å². The van der Waals surface area contributed by atoms with Crippen molar-refractivity contribution in [1.82, 2.24) is 20.4 Å². The lowest BCUT2D eigenvalue weighted by atomic mass is 10.2. The molecule has 6 heteroatoms. The zero-order valence-electron chi connectivity index (χ0n) is 11.5. The first kappa shape index (κ1) is 14.7. The normalized spacial score (nSPS) is 10.7. The number of aryl methyl sites for hydroxylation is 2. The number of hydrogen-bond donors (Lipinski definition) is 2. The smallest absolute Gasteiger partial charge is 0.234 e. The zero-order chi connectivity index (χ0) is 13.5. The summed E-state index contributed by atoms with van der Waals surface area (Å²) in [5.74, 6) is -0.0220. The van der Waals surface area contributed by atoms with Crippen LogP contribution >= 0.6 is 0 Å². The van der Waals surface area contributed by atoms with Crippen LogP contribution in [-0.4, -0.2) is 42.5 Å². The second kappa shape index (κ2) is 7.13. The average Bonchev–Trinajstić information content (AvgIpc) is 2.56. The average molecular weight is 254 g/mol. The van der Waals surface area contributed by atoms with Crippen LogP contribution in [0, 0.1) is 13.8 Å². The SMILES string of the molecule is COCCNC(=O)CNCc1c(C)nn(C)c1C. The van der Waals surface area contributed by atoms with Gasteiger partial charge in [-0.3, -0.25) is 9.48 Å². The van der Waals surface area contributed by atoms with Gasteiger partial charge in [-0.2, -0.15) is 5.10 Å². The van der Waals surface area contributed by atoms with Crippen molar-refractivity contribution in [3.05, 3.63) is 17.0 Å². The highest BCUT2D eigenvalue weighted by molar-refractivity contribution is 5.77. The fraction of sp³-hybridized carbons (Fsp3) is 0.667. The number of ether oxygens (including phenoxy) is 1. The zero-order valence-corrected chi connectivity index (χ0v) is 11.5. The molecule has 1 heterocycles. The largest absolute Gasteiger partial charge is 0.383 e. The summed E-state index contributed by atoms with van der Waals surface area (Å²) < 4.78 is 6.71. The number of nitrogens with zero attached hydrogens (tertiary/aromatic N) is 2. The fourth-order valence-corrected chi connectivity index (χ4v) is 1.73. The van der Waals surface area contributed by atoms with E-state index in [2.05, 4.69) is 15.7 Å². The van der Waals surface area contributed by atoms with E-state index in [4.69, 9.17) is 4.74 Å². The summed E-state index contributed by atoms with van der Waals surface area (Å²) in [4.78, 5) is 11.4. The Morgan fingerprint density at radius 2 is 2.17 bits per heavy atom. The van der Waals surface area contributed by atoms with E-state index < -0.39 is 0 Å². The lowest BCUT2D eigenvalue weighted by Crippen LogP contribution is -2.35. The summed E-state index contributed by atoms with van der Waals surface area (Å²) in [6.07, 6.45) is 0. The predicted octanol–water partition coefficient (Wildman–Crippen LogP) is -0.111. The van der Waals surface area contributed by atoms with Crippen LogP contribution in [0.4, 0.5) is 0 Å². The molecule has 6 nitrogen and oxygen atoms in total. The molecule has 0 fully saturated rings. The van der Waals surface area contributed by atoms with Crippen molar-refractivity contribution in [1.29, 1.82) is 0 Å². The van der Waals surface area contributed by atoms with Gasteiger partial charge in [-0.15, -0.1) is 0 Å². The molecule has 0 bridgehead atoms. The maximum absolute atomic E-state index is 11.4. The molecule has 0 spiro atoms. The summed E-state index contributed by atoms with van der Waals surface area (Å²) in [5, 5.41) is 10.2. The van der Waals surface area contributed by atoms with Crippen LogP contribution in [0.3, 0.4) is 0 Å².